The molecular formula is C9H8ClN3O3. The van der Waals surface area contributed by atoms with E-state index in [1.54, 1.807) is 6.92 Å². The molecule has 0 spiro atoms. The third-order valence-electron chi connectivity index (χ3n) is 1.85. The van der Waals surface area contributed by atoms with Crippen molar-refractivity contribution in [2.24, 2.45) is 0 Å². The summed E-state index contributed by atoms with van der Waals surface area (Å²) in [7, 11) is 0. The molecule has 2 aromatic heterocycles. The lowest BCUT2D eigenvalue weighted by atomic mass is 10.4. The molecule has 2 rings (SSSR count). The van der Waals surface area contributed by atoms with Gasteiger partial charge in [-0.2, -0.15) is 0 Å². The Morgan fingerprint density at radius 1 is 1.62 bits per heavy atom. The van der Waals surface area contributed by atoms with Crippen LogP contribution >= 0.6 is 11.6 Å². The van der Waals surface area contributed by atoms with E-state index >= 15 is 0 Å². The minimum Gasteiger partial charge on any atom is -0.443 e. The topological polar surface area (TPSA) is 70.2 Å². The summed E-state index contributed by atoms with van der Waals surface area (Å²) >= 11 is 6.01. The predicted molar refractivity (Wildman–Crippen MR) is 54.7 cm³/mol. The number of halogens is 1. The van der Waals surface area contributed by atoms with Crippen LogP contribution in [0.15, 0.2) is 16.9 Å². The highest BCUT2D eigenvalue weighted by Crippen LogP contribution is 2.27. The van der Waals surface area contributed by atoms with Crippen molar-refractivity contribution in [3.05, 3.63) is 23.2 Å². The van der Waals surface area contributed by atoms with E-state index in [9.17, 15) is 4.79 Å². The summed E-state index contributed by atoms with van der Waals surface area (Å²) in [5, 5.41) is 4.31. The quantitative estimate of drug-likeness (QED) is 0.796. The zero-order valence-corrected chi connectivity index (χ0v) is 9.35. The van der Waals surface area contributed by atoms with E-state index in [0.717, 1.165) is 4.85 Å². The second-order valence-corrected chi connectivity index (χ2v) is 3.42. The number of carbonyl (C=O) groups is 1. The number of rotatable bonds is 2. The molecule has 0 N–H and O–H groups in total. The van der Waals surface area contributed by atoms with Crippen molar-refractivity contribution in [3.8, 4) is 11.6 Å². The van der Waals surface area contributed by atoms with Crippen LogP contribution in [0.3, 0.4) is 0 Å². The van der Waals surface area contributed by atoms with Crippen molar-refractivity contribution < 1.29 is 14.0 Å². The van der Waals surface area contributed by atoms with E-state index in [1.807, 2.05) is 0 Å². The van der Waals surface area contributed by atoms with Gasteiger partial charge in [-0.15, -0.1) is 5.10 Å². The second-order valence-electron chi connectivity index (χ2n) is 3.04. The summed E-state index contributed by atoms with van der Waals surface area (Å²) in [4.78, 5) is 20.6. The molecule has 16 heavy (non-hydrogen) atoms. The van der Waals surface area contributed by atoms with Gasteiger partial charge in [0.25, 0.3) is 0 Å². The fourth-order valence-corrected chi connectivity index (χ4v) is 1.34. The number of carbonyl (C=O) groups excluding carboxylic acids is 1. The first-order chi connectivity index (χ1) is 7.59. The van der Waals surface area contributed by atoms with Crippen molar-refractivity contribution in [3.63, 3.8) is 0 Å². The van der Waals surface area contributed by atoms with Gasteiger partial charge in [-0.25, -0.2) is 9.78 Å². The molecule has 0 saturated carbocycles. The van der Waals surface area contributed by atoms with E-state index in [0.29, 0.717) is 16.4 Å². The molecule has 0 fully saturated rings. The fourth-order valence-electron chi connectivity index (χ4n) is 1.15. The maximum atomic E-state index is 10.8. The molecule has 7 heteroatoms. The van der Waals surface area contributed by atoms with Gasteiger partial charge in [0.05, 0.1) is 16.9 Å². The van der Waals surface area contributed by atoms with Crippen LogP contribution in [0.1, 0.15) is 12.6 Å². The van der Waals surface area contributed by atoms with Gasteiger partial charge in [-0.1, -0.05) is 16.4 Å². The average molecular weight is 242 g/mol. The first kappa shape index (κ1) is 10.7. The van der Waals surface area contributed by atoms with Gasteiger partial charge in [0.1, 0.15) is 6.26 Å². The smallest absolute Gasteiger partial charge is 0.331 e. The Kier molecular flexibility index (Phi) is 2.66. The molecule has 0 amide bonds. The Balaban J connectivity index is 2.45. The van der Waals surface area contributed by atoms with Crippen LogP contribution < -0.4 is 4.84 Å². The summed E-state index contributed by atoms with van der Waals surface area (Å²) in [5.41, 5.74) is 0.843. The van der Waals surface area contributed by atoms with Gasteiger partial charge < -0.3 is 9.25 Å². The minimum atomic E-state index is -0.485. The molecule has 0 bridgehead atoms. The molecular weight excluding hydrogens is 234 g/mol. The molecule has 0 aliphatic rings. The molecule has 0 unspecified atom stereocenters. The van der Waals surface area contributed by atoms with Crippen LogP contribution in [0.2, 0.25) is 5.02 Å². The lowest BCUT2D eigenvalue weighted by Crippen LogP contribution is -2.19. The summed E-state index contributed by atoms with van der Waals surface area (Å²) < 4.78 is 5.06. The lowest BCUT2D eigenvalue weighted by molar-refractivity contribution is -0.143. The number of oxazole rings is 1. The van der Waals surface area contributed by atoms with Crippen molar-refractivity contribution >= 4 is 17.6 Å². The number of hydrogen-bond acceptors (Lipinski definition) is 5. The highest BCUT2D eigenvalue weighted by Gasteiger charge is 2.19. The third kappa shape index (κ3) is 1.79. The summed E-state index contributed by atoms with van der Waals surface area (Å²) in [6.45, 7) is 2.95. The maximum Gasteiger partial charge on any atom is 0.331 e. The van der Waals surface area contributed by atoms with Gasteiger partial charge in [-0.05, 0) is 6.92 Å². The van der Waals surface area contributed by atoms with Gasteiger partial charge >= 0.3 is 5.97 Å². The Bertz CT molecular complexity index is 518. The monoisotopic (exact) mass is 241 g/mol. The summed E-state index contributed by atoms with van der Waals surface area (Å²) in [5.74, 6) is -0.208. The van der Waals surface area contributed by atoms with E-state index < -0.39 is 5.97 Å². The first-order valence-electron chi connectivity index (χ1n) is 4.43. The average Bonchev–Trinajstić information content (AvgIpc) is 2.81. The van der Waals surface area contributed by atoms with Crippen LogP contribution in [0.25, 0.3) is 11.6 Å². The molecule has 0 atom stereocenters. The molecule has 0 saturated heterocycles. The van der Waals surface area contributed by atoms with Gasteiger partial charge in [0.2, 0.25) is 5.89 Å². The second kappa shape index (κ2) is 3.97. The van der Waals surface area contributed by atoms with E-state index in [1.165, 1.54) is 19.4 Å². The highest BCUT2D eigenvalue weighted by atomic mass is 35.5. The van der Waals surface area contributed by atoms with Crippen molar-refractivity contribution in [2.75, 3.05) is 0 Å². The Labute approximate surface area is 95.7 Å². The predicted octanol–water partition coefficient (Wildman–Crippen LogP) is 1.48. The van der Waals surface area contributed by atoms with Crippen LogP contribution in [0.4, 0.5) is 0 Å². The largest absolute Gasteiger partial charge is 0.443 e. The molecule has 6 nitrogen and oxygen atoms in total. The van der Waals surface area contributed by atoms with Gasteiger partial charge in [-0.3, -0.25) is 0 Å². The van der Waals surface area contributed by atoms with Crippen molar-refractivity contribution in [1.29, 1.82) is 0 Å². The molecule has 0 aliphatic carbocycles. The summed E-state index contributed by atoms with van der Waals surface area (Å²) in [6.07, 6.45) is 2.89. The number of nitrogens with zero attached hydrogens (tertiary/aromatic N) is 3. The van der Waals surface area contributed by atoms with Crippen molar-refractivity contribution in [1.82, 2.24) is 14.9 Å². The van der Waals surface area contributed by atoms with Crippen LogP contribution in [-0.2, 0) is 4.79 Å². The molecule has 2 heterocycles. The highest BCUT2D eigenvalue weighted by molar-refractivity contribution is 6.33. The molecule has 0 aliphatic heterocycles. The van der Waals surface area contributed by atoms with Crippen LogP contribution in [0, 0.1) is 6.92 Å². The Morgan fingerprint density at radius 2 is 2.38 bits per heavy atom. The zero-order valence-electron chi connectivity index (χ0n) is 8.60. The van der Waals surface area contributed by atoms with E-state index in [4.69, 9.17) is 20.9 Å². The minimum absolute atomic E-state index is 0.277. The molecule has 84 valence electrons. The molecule has 0 radical (unpaired) electrons. The van der Waals surface area contributed by atoms with E-state index in [-0.39, 0.29) is 5.89 Å². The lowest BCUT2D eigenvalue weighted by Gasteiger charge is -2.00. The number of hydrogen-bond donors (Lipinski definition) is 0. The Hall–Kier alpha value is -1.82. The SMILES string of the molecule is CC(=O)On1nc(-c2ncco2)c(Cl)c1C. The molecule has 2 aromatic rings. The zero-order chi connectivity index (χ0) is 11.7. The van der Waals surface area contributed by atoms with Gasteiger partial charge in [0, 0.05) is 6.92 Å². The van der Waals surface area contributed by atoms with Crippen LogP contribution in [-0.4, -0.2) is 20.9 Å². The summed E-state index contributed by atoms with van der Waals surface area (Å²) in [6, 6.07) is 0. The normalized spacial score (nSPS) is 10.4. The van der Waals surface area contributed by atoms with E-state index in [2.05, 4.69) is 10.1 Å². The van der Waals surface area contributed by atoms with Gasteiger partial charge in [0.15, 0.2) is 5.69 Å². The number of aromatic nitrogens is 3. The standard InChI is InChI=1S/C9H8ClN3O3/c1-5-7(10)8(9-11-3-4-15-9)12-13(5)16-6(2)14/h3-4H,1-2H3. The maximum absolute atomic E-state index is 10.8. The molecule has 0 aromatic carbocycles. The van der Waals surface area contributed by atoms with Crippen LogP contribution in [0.5, 0.6) is 0 Å². The first-order valence-corrected chi connectivity index (χ1v) is 4.81. The Morgan fingerprint density at radius 3 is 2.94 bits per heavy atom. The third-order valence-corrected chi connectivity index (χ3v) is 2.31. The fraction of sp³-hybridized carbons (Fsp3) is 0.222. The van der Waals surface area contributed by atoms with Crippen molar-refractivity contribution in [2.45, 2.75) is 13.8 Å².